The molecule has 8 nitrogen and oxygen atoms in total. The van der Waals surface area contributed by atoms with E-state index in [0.29, 0.717) is 11.7 Å². The number of tetrazole rings is 1. The van der Waals surface area contributed by atoms with E-state index in [1.54, 1.807) is 0 Å². The monoisotopic (exact) mass is 520 g/mol. The lowest BCUT2D eigenvalue weighted by atomic mass is 9.88. The predicted molar refractivity (Wildman–Crippen MR) is 153 cm³/mol. The van der Waals surface area contributed by atoms with Gasteiger partial charge in [0.2, 0.25) is 0 Å². The van der Waals surface area contributed by atoms with Crippen LogP contribution in [0.2, 0.25) is 0 Å². The zero-order valence-corrected chi connectivity index (χ0v) is 23.2. The zero-order valence-electron chi connectivity index (χ0n) is 23.2. The summed E-state index contributed by atoms with van der Waals surface area (Å²) in [5.41, 5.74) is 8.69. The molecule has 3 heterocycles. The largest absolute Gasteiger partial charge is 0.322 e. The third-order valence-electron chi connectivity index (χ3n) is 7.95. The number of nitrogens with zero attached hydrogens (tertiary/aromatic N) is 7. The first-order valence-corrected chi connectivity index (χ1v) is 14.2. The van der Waals surface area contributed by atoms with Crippen molar-refractivity contribution in [2.24, 2.45) is 0 Å². The van der Waals surface area contributed by atoms with Crippen LogP contribution in [0.15, 0.2) is 48.5 Å². The van der Waals surface area contributed by atoms with Crippen LogP contribution in [-0.2, 0) is 6.54 Å². The Hall–Kier alpha value is -3.94. The van der Waals surface area contributed by atoms with Crippen LogP contribution in [0.3, 0.4) is 0 Å². The SMILES string of the molecule is CC(C)c1nnc(C(C)C)c2c1nc(C1CCCCC1)n2Cc1ccc(-c2ccccc2-c2nnn[nH]2)cc1. The molecular formula is C31H36N8. The number of rotatable bonds is 7. The number of H-pyrrole nitrogens is 1. The molecule has 39 heavy (non-hydrogen) atoms. The normalized spacial score (nSPS) is 14.6. The van der Waals surface area contributed by atoms with Gasteiger partial charge in [0.05, 0.1) is 16.9 Å². The number of imidazole rings is 1. The fourth-order valence-electron chi connectivity index (χ4n) is 5.91. The van der Waals surface area contributed by atoms with Crippen LogP contribution in [0.25, 0.3) is 33.5 Å². The minimum Gasteiger partial charge on any atom is -0.322 e. The Balaban J connectivity index is 1.43. The second kappa shape index (κ2) is 10.7. The second-order valence-corrected chi connectivity index (χ2v) is 11.4. The predicted octanol–water partition coefficient (Wildman–Crippen LogP) is 7.02. The fourth-order valence-corrected chi connectivity index (χ4v) is 5.91. The fraction of sp³-hybridized carbons (Fsp3) is 0.419. The van der Waals surface area contributed by atoms with E-state index < -0.39 is 0 Å². The van der Waals surface area contributed by atoms with E-state index in [4.69, 9.17) is 10.1 Å². The molecule has 3 aromatic heterocycles. The summed E-state index contributed by atoms with van der Waals surface area (Å²) in [6.45, 7) is 9.53. The summed E-state index contributed by atoms with van der Waals surface area (Å²) < 4.78 is 2.46. The zero-order chi connectivity index (χ0) is 26.9. The number of aromatic nitrogens is 8. The summed E-state index contributed by atoms with van der Waals surface area (Å²) in [5.74, 6) is 2.88. The molecule has 1 aliphatic rings. The number of benzene rings is 2. The van der Waals surface area contributed by atoms with Crippen LogP contribution in [0.1, 0.15) is 100 Å². The topological polar surface area (TPSA) is 98.1 Å². The highest BCUT2D eigenvalue weighted by Crippen LogP contribution is 2.37. The molecule has 0 amide bonds. The molecule has 0 radical (unpaired) electrons. The van der Waals surface area contributed by atoms with E-state index in [-0.39, 0.29) is 11.8 Å². The maximum absolute atomic E-state index is 5.34. The molecule has 8 heteroatoms. The van der Waals surface area contributed by atoms with Crippen molar-refractivity contribution >= 4 is 11.0 Å². The third kappa shape index (κ3) is 4.84. The van der Waals surface area contributed by atoms with Gasteiger partial charge in [-0.1, -0.05) is 95.5 Å². The standard InChI is InChI=1S/C31H36N8/c1-19(2)26-28-29(27(20(3)4)34-33-26)39(31(32-28)23-10-6-5-7-11-23)18-21-14-16-22(17-15-21)24-12-8-9-13-25(24)30-35-37-38-36-30/h8-9,12-17,19-20,23H,5-7,10-11,18H2,1-4H3,(H,35,36,37,38). The summed E-state index contributed by atoms with van der Waals surface area (Å²) in [5, 5.41) is 23.9. The van der Waals surface area contributed by atoms with E-state index in [9.17, 15) is 0 Å². The van der Waals surface area contributed by atoms with Crippen LogP contribution in [0, 0.1) is 0 Å². The van der Waals surface area contributed by atoms with Crippen molar-refractivity contribution in [3.8, 4) is 22.5 Å². The van der Waals surface area contributed by atoms with E-state index in [2.05, 4.69) is 88.3 Å². The highest BCUT2D eigenvalue weighted by atomic mass is 15.5. The van der Waals surface area contributed by atoms with Crippen molar-refractivity contribution in [1.29, 1.82) is 0 Å². The lowest BCUT2D eigenvalue weighted by Gasteiger charge is -2.23. The molecular weight excluding hydrogens is 484 g/mol. The van der Waals surface area contributed by atoms with Gasteiger partial charge in [-0.2, -0.15) is 10.2 Å². The van der Waals surface area contributed by atoms with E-state index in [1.165, 1.54) is 43.5 Å². The molecule has 200 valence electrons. The molecule has 1 saturated carbocycles. The lowest BCUT2D eigenvalue weighted by Crippen LogP contribution is -2.14. The Labute approximate surface area is 229 Å². The van der Waals surface area contributed by atoms with Gasteiger partial charge in [-0.05, 0) is 51.8 Å². The van der Waals surface area contributed by atoms with Crippen molar-refractivity contribution in [2.75, 3.05) is 0 Å². The Morgan fingerprint density at radius 2 is 1.51 bits per heavy atom. The van der Waals surface area contributed by atoms with Crippen LogP contribution in [-0.4, -0.2) is 40.4 Å². The molecule has 0 saturated heterocycles. The molecule has 2 aromatic carbocycles. The second-order valence-electron chi connectivity index (χ2n) is 11.4. The molecule has 6 rings (SSSR count). The smallest absolute Gasteiger partial charge is 0.180 e. The van der Waals surface area contributed by atoms with Crippen molar-refractivity contribution in [2.45, 2.75) is 84.1 Å². The maximum atomic E-state index is 5.34. The van der Waals surface area contributed by atoms with Crippen molar-refractivity contribution in [1.82, 2.24) is 40.4 Å². The van der Waals surface area contributed by atoms with Gasteiger partial charge in [-0.25, -0.2) is 10.1 Å². The molecule has 1 aliphatic carbocycles. The Morgan fingerprint density at radius 3 is 2.18 bits per heavy atom. The number of fused-ring (bicyclic) bond motifs is 1. The lowest BCUT2D eigenvalue weighted by molar-refractivity contribution is 0.420. The summed E-state index contributed by atoms with van der Waals surface area (Å²) >= 11 is 0. The van der Waals surface area contributed by atoms with E-state index >= 15 is 0 Å². The summed E-state index contributed by atoms with van der Waals surface area (Å²) in [6, 6.07) is 17.1. The molecule has 5 aromatic rings. The summed E-state index contributed by atoms with van der Waals surface area (Å²) in [6.07, 6.45) is 6.26. The Bertz CT molecular complexity index is 1560. The van der Waals surface area contributed by atoms with E-state index in [1.807, 2.05) is 18.2 Å². The van der Waals surface area contributed by atoms with Gasteiger partial charge in [-0.15, -0.1) is 5.10 Å². The number of hydrogen-bond donors (Lipinski definition) is 1. The van der Waals surface area contributed by atoms with Gasteiger partial charge in [0.1, 0.15) is 11.3 Å². The van der Waals surface area contributed by atoms with Crippen LogP contribution >= 0.6 is 0 Å². The first-order valence-electron chi connectivity index (χ1n) is 14.2. The highest BCUT2D eigenvalue weighted by molar-refractivity contribution is 5.82. The molecule has 1 fully saturated rings. The minimum absolute atomic E-state index is 0.264. The minimum atomic E-state index is 0.264. The summed E-state index contributed by atoms with van der Waals surface area (Å²) in [7, 11) is 0. The van der Waals surface area contributed by atoms with Gasteiger partial charge in [0.25, 0.3) is 0 Å². The van der Waals surface area contributed by atoms with Crippen molar-refractivity contribution in [3.63, 3.8) is 0 Å². The van der Waals surface area contributed by atoms with Crippen LogP contribution in [0.4, 0.5) is 0 Å². The molecule has 0 aliphatic heterocycles. The van der Waals surface area contributed by atoms with Crippen molar-refractivity contribution < 1.29 is 0 Å². The average molecular weight is 521 g/mol. The van der Waals surface area contributed by atoms with Crippen molar-refractivity contribution in [3.05, 3.63) is 71.3 Å². The number of aromatic amines is 1. The van der Waals surface area contributed by atoms with Gasteiger partial charge < -0.3 is 4.57 Å². The Morgan fingerprint density at radius 1 is 0.821 bits per heavy atom. The number of nitrogens with one attached hydrogen (secondary N) is 1. The maximum Gasteiger partial charge on any atom is 0.180 e. The molecule has 1 N–H and O–H groups in total. The van der Waals surface area contributed by atoms with E-state index in [0.717, 1.165) is 45.7 Å². The van der Waals surface area contributed by atoms with Gasteiger partial charge in [0, 0.05) is 18.0 Å². The van der Waals surface area contributed by atoms with Gasteiger partial charge in [-0.3, -0.25) is 0 Å². The van der Waals surface area contributed by atoms with Crippen LogP contribution < -0.4 is 0 Å². The Kier molecular flexibility index (Phi) is 6.94. The van der Waals surface area contributed by atoms with Gasteiger partial charge >= 0.3 is 0 Å². The molecule has 0 bridgehead atoms. The molecule has 0 atom stereocenters. The summed E-state index contributed by atoms with van der Waals surface area (Å²) in [4.78, 5) is 5.34. The third-order valence-corrected chi connectivity index (χ3v) is 7.95. The average Bonchev–Trinajstić information content (AvgIpc) is 3.62. The highest BCUT2D eigenvalue weighted by Gasteiger charge is 2.27. The molecule has 0 unspecified atom stereocenters. The first kappa shape index (κ1) is 25.3. The van der Waals surface area contributed by atoms with Crippen LogP contribution in [0.5, 0.6) is 0 Å². The quantitative estimate of drug-likeness (QED) is 0.248. The molecule has 0 spiro atoms. The first-order chi connectivity index (χ1) is 19.0. The van der Waals surface area contributed by atoms with Gasteiger partial charge in [0.15, 0.2) is 5.82 Å². The number of hydrogen-bond acceptors (Lipinski definition) is 6.